The zero-order valence-corrected chi connectivity index (χ0v) is 11.8. The topological polar surface area (TPSA) is 21.7 Å². The van der Waals surface area contributed by atoms with E-state index in [2.05, 4.69) is 41.3 Å². The summed E-state index contributed by atoms with van der Waals surface area (Å²) in [6.45, 7) is 2.53. The van der Waals surface area contributed by atoms with Gasteiger partial charge in [0.2, 0.25) is 6.79 Å². The lowest BCUT2D eigenvalue weighted by Crippen LogP contribution is -2.39. The highest BCUT2D eigenvalue weighted by Crippen LogP contribution is 2.45. The molecule has 2 aromatic rings. The molecule has 0 aromatic heterocycles. The van der Waals surface area contributed by atoms with Crippen molar-refractivity contribution in [3.05, 3.63) is 58.7 Å². The third kappa shape index (κ3) is 1.64. The SMILES string of the molecule is c1ccc2c(c1)CC1c3ccc4c(c3CCN1C2)OCO4. The predicted octanol–water partition coefficient (Wildman–Crippen LogP) is 3.07. The summed E-state index contributed by atoms with van der Waals surface area (Å²) < 4.78 is 11.2. The molecule has 3 nitrogen and oxygen atoms in total. The van der Waals surface area contributed by atoms with Gasteiger partial charge in [-0.15, -0.1) is 0 Å². The first-order valence-corrected chi connectivity index (χ1v) is 7.62. The van der Waals surface area contributed by atoms with Crippen LogP contribution in [0, 0.1) is 0 Å². The summed E-state index contributed by atoms with van der Waals surface area (Å²) in [5.41, 5.74) is 5.77. The summed E-state index contributed by atoms with van der Waals surface area (Å²) in [6, 6.07) is 13.6. The molecule has 106 valence electrons. The molecular formula is C18H17NO2. The minimum Gasteiger partial charge on any atom is -0.454 e. The smallest absolute Gasteiger partial charge is 0.231 e. The van der Waals surface area contributed by atoms with Gasteiger partial charge in [0, 0.05) is 24.7 Å². The Morgan fingerprint density at radius 2 is 1.90 bits per heavy atom. The lowest BCUT2D eigenvalue weighted by molar-refractivity contribution is 0.155. The number of ether oxygens (including phenoxy) is 2. The maximum absolute atomic E-state index is 5.71. The van der Waals surface area contributed by atoms with Crippen molar-refractivity contribution < 1.29 is 9.47 Å². The minimum absolute atomic E-state index is 0.364. The van der Waals surface area contributed by atoms with E-state index in [1.54, 1.807) is 0 Å². The molecule has 0 amide bonds. The second-order valence-electron chi connectivity index (χ2n) is 6.08. The molecule has 5 rings (SSSR count). The lowest BCUT2D eigenvalue weighted by Gasteiger charge is -2.41. The van der Waals surface area contributed by atoms with Crippen LogP contribution in [0.1, 0.15) is 28.3 Å². The molecule has 0 bridgehead atoms. The average molecular weight is 279 g/mol. The van der Waals surface area contributed by atoms with Crippen molar-refractivity contribution in [1.29, 1.82) is 0 Å². The van der Waals surface area contributed by atoms with Crippen LogP contribution in [0.2, 0.25) is 0 Å². The number of hydrogen-bond donors (Lipinski definition) is 0. The number of fused-ring (bicyclic) bond motifs is 6. The highest BCUT2D eigenvalue weighted by molar-refractivity contribution is 5.54. The number of nitrogens with zero attached hydrogens (tertiary/aromatic N) is 1. The van der Waals surface area contributed by atoms with E-state index in [9.17, 15) is 0 Å². The van der Waals surface area contributed by atoms with Gasteiger partial charge in [-0.2, -0.15) is 0 Å². The Morgan fingerprint density at radius 1 is 1.00 bits per heavy atom. The van der Waals surface area contributed by atoms with Gasteiger partial charge in [-0.1, -0.05) is 30.3 Å². The Hall–Kier alpha value is -2.00. The van der Waals surface area contributed by atoms with Crippen molar-refractivity contribution in [1.82, 2.24) is 4.90 Å². The maximum Gasteiger partial charge on any atom is 0.231 e. The normalized spacial score (nSPS) is 22.4. The van der Waals surface area contributed by atoms with E-state index < -0.39 is 0 Å². The Kier molecular flexibility index (Phi) is 2.35. The van der Waals surface area contributed by atoms with Gasteiger partial charge >= 0.3 is 0 Å². The van der Waals surface area contributed by atoms with E-state index in [1.165, 1.54) is 22.3 Å². The summed E-state index contributed by atoms with van der Waals surface area (Å²) in [5.74, 6) is 1.91. The fourth-order valence-electron chi connectivity index (χ4n) is 3.99. The summed E-state index contributed by atoms with van der Waals surface area (Å²) in [5, 5.41) is 0. The van der Waals surface area contributed by atoms with Gasteiger partial charge in [-0.25, -0.2) is 0 Å². The van der Waals surface area contributed by atoms with Crippen molar-refractivity contribution >= 4 is 0 Å². The van der Waals surface area contributed by atoms with Gasteiger partial charge in [-0.3, -0.25) is 4.90 Å². The van der Waals surface area contributed by atoms with Crippen LogP contribution in [0.15, 0.2) is 36.4 Å². The summed E-state index contributed by atoms with van der Waals surface area (Å²) >= 11 is 0. The second-order valence-corrected chi connectivity index (χ2v) is 6.08. The van der Waals surface area contributed by atoms with Gasteiger partial charge in [0.1, 0.15) is 0 Å². The first-order chi connectivity index (χ1) is 10.4. The van der Waals surface area contributed by atoms with Crippen LogP contribution in [0.25, 0.3) is 0 Å². The van der Waals surface area contributed by atoms with Crippen molar-refractivity contribution in [3.63, 3.8) is 0 Å². The van der Waals surface area contributed by atoms with E-state index in [0.29, 0.717) is 12.8 Å². The van der Waals surface area contributed by atoms with E-state index in [0.717, 1.165) is 37.4 Å². The monoisotopic (exact) mass is 279 g/mol. The molecule has 0 aliphatic carbocycles. The molecule has 1 atom stereocenters. The van der Waals surface area contributed by atoms with E-state index in [-0.39, 0.29) is 0 Å². The van der Waals surface area contributed by atoms with Crippen LogP contribution >= 0.6 is 0 Å². The molecule has 0 radical (unpaired) electrons. The largest absolute Gasteiger partial charge is 0.454 e. The van der Waals surface area contributed by atoms with Crippen LogP contribution < -0.4 is 9.47 Å². The van der Waals surface area contributed by atoms with Gasteiger partial charge in [0.15, 0.2) is 11.5 Å². The van der Waals surface area contributed by atoms with Crippen molar-refractivity contribution in [2.45, 2.75) is 25.4 Å². The van der Waals surface area contributed by atoms with Crippen LogP contribution in [-0.4, -0.2) is 18.2 Å². The van der Waals surface area contributed by atoms with Gasteiger partial charge in [-0.05, 0) is 35.6 Å². The first-order valence-electron chi connectivity index (χ1n) is 7.62. The van der Waals surface area contributed by atoms with Crippen molar-refractivity contribution in [2.75, 3.05) is 13.3 Å². The molecule has 1 unspecified atom stereocenters. The van der Waals surface area contributed by atoms with Gasteiger partial charge in [0.25, 0.3) is 0 Å². The molecule has 0 spiro atoms. The van der Waals surface area contributed by atoms with Crippen LogP contribution in [0.4, 0.5) is 0 Å². The van der Waals surface area contributed by atoms with Gasteiger partial charge in [0.05, 0.1) is 0 Å². The molecule has 3 aliphatic rings. The van der Waals surface area contributed by atoms with E-state index in [4.69, 9.17) is 9.47 Å². The number of benzene rings is 2. The third-order valence-electron chi connectivity index (χ3n) is 5.03. The number of hydrogen-bond acceptors (Lipinski definition) is 3. The lowest BCUT2D eigenvalue weighted by atomic mass is 9.83. The second kappa shape index (κ2) is 4.25. The van der Waals surface area contributed by atoms with Crippen molar-refractivity contribution in [3.8, 4) is 11.5 Å². The van der Waals surface area contributed by atoms with Crippen LogP contribution in [-0.2, 0) is 19.4 Å². The fraction of sp³-hybridized carbons (Fsp3) is 0.333. The quantitative estimate of drug-likeness (QED) is 0.740. The summed E-state index contributed by atoms with van der Waals surface area (Å²) in [4.78, 5) is 2.60. The molecule has 0 fully saturated rings. The van der Waals surface area contributed by atoms with Crippen molar-refractivity contribution in [2.24, 2.45) is 0 Å². The standard InChI is InChI=1S/C18H17NO2/c1-2-4-13-10-19-8-7-15-14(16(19)9-12(13)3-1)5-6-17-18(15)21-11-20-17/h1-6,16H,7-11H2. The molecular weight excluding hydrogens is 262 g/mol. The molecule has 3 heteroatoms. The third-order valence-corrected chi connectivity index (χ3v) is 5.03. The molecule has 2 aromatic carbocycles. The minimum atomic E-state index is 0.364. The molecule has 3 heterocycles. The zero-order valence-electron chi connectivity index (χ0n) is 11.8. The Bertz CT molecular complexity index is 725. The summed E-state index contributed by atoms with van der Waals surface area (Å²) in [6.07, 6.45) is 2.16. The molecule has 21 heavy (non-hydrogen) atoms. The molecule has 0 N–H and O–H groups in total. The summed E-state index contributed by atoms with van der Waals surface area (Å²) in [7, 11) is 0. The van der Waals surface area contributed by atoms with E-state index in [1.807, 2.05) is 0 Å². The van der Waals surface area contributed by atoms with E-state index >= 15 is 0 Å². The van der Waals surface area contributed by atoms with Crippen LogP contribution in [0.3, 0.4) is 0 Å². The fourth-order valence-corrected chi connectivity index (χ4v) is 3.99. The number of rotatable bonds is 0. The van der Waals surface area contributed by atoms with Crippen LogP contribution in [0.5, 0.6) is 11.5 Å². The zero-order chi connectivity index (χ0) is 13.8. The molecule has 0 saturated heterocycles. The highest BCUT2D eigenvalue weighted by Gasteiger charge is 2.34. The Morgan fingerprint density at radius 3 is 2.86 bits per heavy atom. The molecule has 3 aliphatic heterocycles. The Labute approximate surface area is 124 Å². The maximum atomic E-state index is 5.71. The predicted molar refractivity (Wildman–Crippen MR) is 79.6 cm³/mol. The Balaban J connectivity index is 1.61. The highest BCUT2D eigenvalue weighted by atomic mass is 16.7. The first kappa shape index (κ1) is 11.6. The average Bonchev–Trinajstić information content (AvgIpc) is 3.01. The van der Waals surface area contributed by atoms with Gasteiger partial charge < -0.3 is 9.47 Å². The molecule has 0 saturated carbocycles.